The van der Waals surface area contributed by atoms with Gasteiger partial charge in [0.2, 0.25) is 0 Å². The van der Waals surface area contributed by atoms with E-state index in [4.69, 9.17) is 16.7 Å². The van der Waals surface area contributed by atoms with Crippen LogP contribution in [0.4, 0.5) is 8.78 Å². The van der Waals surface area contributed by atoms with Crippen molar-refractivity contribution in [2.24, 2.45) is 0 Å². The predicted molar refractivity (Wildman–Crippen MR) is 47.3 cm³/mol. The van der Waals surface area contributed by atoms with E-state index in [1.54, 1.807) is 0 Å². The van der Waals surface area contributed by atoms with Crippen LogP contribution in [0.3, 0.4) is 0 Å². The summed E-state index contributed by atoms with van der Waals surface area (Å²) >= 11 is 5.41. The molecular formula is C9H7ClF2O2. The summed E-state index contributed by atoms with van der Waals surface area (Å²) in [5.74, 6) is -2.76. The molecule has 0 aliphatic heterocycles. The van der Waals surface area contributed by atoms with Gasteiger partial charge in [0.15, 0.2) is 0 Å². The average molecular weight is 221 g/mol. The molecule has 76 valence electrons. The third kappa shape index (κ3) is 2.42. The molecular weight excluding hydrogens is 214 g/mol. The van der Waals surface area contributed by atoms with Crippen LogP contribution in [0.25, 0.3) is 0 Å². The normalized spacial score (nSPS) is 10.2. The summed E-state index contributed by atoms with van der Waals surface area (Å²) in [5, 5.41) is 8.15. The Balaban J connectivity index is 2.95. The second-order valence-electron chi connectivity index (χ2n) is 2.72. The van der Waals surface area contributed by atoms with Crippen LogP contribution in [-0.2, 0) is 11.2 Å². The van der Waals surface area contributed by atoms with Crippen LogP contribution in [0.2, 0.25) is 5.02 Å². The van der Waals surface area contributed by atoms with Crippen molar-refractivity contribution in [2.75, 3.05) is 0 Å². The topological polar surface area (TPSA) is 37.3 Å². The van der Waals surface area contributed by atoms with E-state index in [0.29, 0.717) is 0 Å². The Hall–Kier alpha value is -1.16. The highest BCUT2D eigenvalue weighted by Crippen LogP contribution is 2.22. The van der Waals surface area contributed by atoms with Gasteiger partial charge in [-0.3, -0.25) is 4.79 Å². The molecule has 0 aliphatic rings. The molecule has 0 aliphatic carbocycles. The van der Waals surface area contributed by atoms with E-state index in [2.05, 4.69) is 0 Å². The fourth-order valence-electron chi connectivity index (χ4n) is 1.03. The minimum Gasteiger partial charge on any atom is -0.481 e. The van der Waals surface area contributed by atoms with Crippen LogP contribution in [-0.4, -0.2) is 11.1 Å². The predicted octanol–water partition coefficient (Wildman–Crippen LogP) is 2.64. The fourth-order valence-corrected chi connectivity index (χ4v) is 1.21. The summed E-state index contributed by atoms with van der Waals surface area (Å²) in [7, 11) is 0. The lowest BCUT2D eigenvalue weighted by molar-refractivity contribution is -0.136. The van der Waals surface area contributed by atoms with Crippen molar-refractivity contribution >= 4 is 17.6 Å². The van der Waals surface area contributed by atoms with Gasteiger partial charge in [-0.05, 0) is 18.6 Å². The van der Waals surface area contributed by atoms with Crippen molar-refractivity contribution < 1.29 is 18.7 Å². The first kappa shape index (κ1) is 10.9. The zero-order valence-corrected chi connectivity index (χ0v) is 7.81. The van der Waals surface area contributed by atoms with Gasteiger partial charge in [0.1, 0.15) is 11.6 Å². The van der Waals surface area contributed by atoms with Gasteiger partial charge < -0.3 is 5.11 Å². The molecule has 0 unspecified atom stereocenters. The Morgan fingerprint density at radius 1 is 1.43 bits per heavy atom. The Labute approximate surface area is 84.1 Å². The molecule has 1 aromatic rings. The van der Waals surface area contributed by atoms with Crippen molar-refractivity contribution in [1.29, 1.82) is 0 Å². The highest BCUT2D eigenvalue weighted by molar-refractivity contribution is 6.30. The quantitative estimate of drug-likeness (QED) is 0.795. The molecule has 1 aromatic carbocycles. The second-order valence-corrected chi connectivity index (χ2v) is 3.12. The zero-order valence-electron chi connectivity index (χ0n) is 7.06. The maximum Gasteiger partial charge on any atom is 0.303 e. The van der Waals surface area contributed by atoms with Crippen molar-refractivity contribution in [3.8, 4) is 0 Å². The third-order valence-electron chi connectivity index (χ3n) is 1.73. The molecule has 1 rings (SSSR count). The van der Waals surface area contributed by atoms with E-state index in [1.807, 2.05) is 0 Å². The van der Waals surface area contributed by atoms with Gasteiger partial charge in [0, 0.05) is 12.0 Å². The first-order valence-electron chi connectivity index (χ1n) is 3.86. The highest BCUT2D eigenvalue weighted by atomic mass is 35.5. The Bertz CT molecular complexity index is 366. The summed E-state index contributed by atoms with van der Waals surface area (Å²) < 4.78 is 26.1. The molecule has 0 atom stereocenters. The number of rotatable bonds is 3. The van der Waals surface area contributed by atoms with E-state index >= 15 is 0 Å². The number of aliphatic carboxylic acids is 1. The number of carboxylic acid groups (broad SMARTS) is 1. The maximum absolute atomic E-state index is 13.1. The van der Waals surface area contributed by atoms with Gasteiger partial charge in [-0.1, -0.05) is 11.6 Å². The minimum atomic E-state index is -1.11. The molecule has 14 heavy (non-hydrogen) atoms. The van der Waals surface area contributed by atoms with Crippen molar-refractivity contribution in [2.45, 2.75) is 12.8 Å². The summed E-state index contributed by atoms with van der Waals surface area (Å²) in [6.45, 7) is 0. The first-order chi connectivity index (χ1) is 6.52. The summed E-state index contributed by atoms with van der Waals surface area (Å²) in [6, 6.07) is 2.11. The van der Waals surface area contributed by atoms with Gasteiger partial charge in [-0.25, -0.2) is 8.78 Å². The van der Waals surface area contributed by atoms with Crippen LogP contribution in [0.15, 0.2) is 12.1 Å². The first-order valence-corrected chi connectivity index (χ1v) is 4.24. The van der Waals surface area contributed by atoms with Crippen molar-refractivity contribution in [1.82, 2.24) is 0 Å². The number of benzene rings is 1. The van der Waals surface area contributed by atoms with Gasteiger partial charge in [0.05, 0.1) is 5.02 Å². The van der Waals surface area contributed by atoms with Gasteiger partial charge >= 0.3 is 5.97 Å². The maximum atomic E-state index is 13.1. The van der Waals surface area contributed by atoms with E-state index in [1.165, 1.54) is 0 Å². The summed E-state index contributed by atoms with van der Waals surface area (Å²) in [4.78, 5) is 10.2. The molecule has 0 spiro atoms. The summed E-state index contributed by atoms with van der Waals surface area (Å²) in [5.41, 5.74) is -0.278. The number of hydrogen-bond acceptors (Lipinski definition) is 1. The molecule has 0 heterocycles. The van der Waals surface area contributed by atoms with Crippen LogP contribution in [0.5, 0.6) is 0 Å². The molecule has 1 N–H and O–H groups in total. The second kappa shape index (κ2) is 4.37. The fraction of sp³-hybridized carbons (Fsp3) is 0.222. The van der Waals surface area contributed by atoms with Gasteiger partial charge in [-0.15, -0.1) is 0 Å². The average Bonchev–Trinajstić information content (AvgIpc) is 2.11. The standard InChI is InChI=1S/C9H7ClF2O2/c10-6-2-3-7(11)5(9(6)12)1-4-8(13)14/h2-3H,1,4H2,(H,13,14). The van der Waals surface area contributed by atoms with Crippen LogP contribution in [0.1, 0.15) is 12.0 Å². The number of halogens is 3. The summed E-state index contributed by atoms with van der Waals surface area (Å²) in [6.07, 6.45) is -0.526. The number of carboxylic acids is 1. The zero-order chi connectivity index (χ0) is 10.7. The molecule has 0 bridgehead atoms. The minimum absolute atomic E-state index is 0.201. The number of hydrogen-bond donors (Lipinski definition) is 1. The van der Waals surface area contributed by atoms with E-state index in [0.717, 1.165) is 12.1 Å². The molecule has 5 heteroatoms. The smallest absolute Gasteiger partial charge is 0.303 e. The SMILES string of the molecule is O=C(O)CCc1c(F)ccc(Cl)c1F. The molecule has 0 saturated heterocycles. The lowest BCUT2D eigenvalue weighted by atomic mass is 10.1. The number of carbonyl (C=O) groups is 1. The lowest BCUT2D eigenvalue weighted by Crippen LogP contribution is -2.02. The third-order valence-corrected chi connectivity index (χ3v) is 2.02. The van der Waals surface area contributed by atoms with Gasteiger partial charge in [0.25, 0.3) is 0 Å². The highest BCUT2D eigenvalue weighted by Gasteiger charge is 2.13. The lowest BCUT2D eigenvalue weighted by Gasteiger charge is -2.04. The van der Waals surface area contributed by atoms with Gasteiger partial charge in [-0.2, -0.15) is 0 Å². The molecule has 2 nitrogen and oxygen atoms in total. The molecule has 0 amide bonds. The molecule has 0 radical (unpaired) electrons. The molecule has 0 aromatic heterocycles. The van der Waals surface area contributed by atoms with Crippen LogP contribution < -0.4 is 0 Å². The van der Waals surface area contributed by atoms with Crippen molar-refractivity contribution in [3.05, 3.63) is 34.4 Å². The largest absolute Gasteiger partial charge is 0.481 e. The monoisotopic (exact) mass is 220 g/mol. The van der Waals surface area contributed by atoms with Crippen molar-refractivity contribution in [3.63, 3.8) is 0 Å². The van der Waals surface area contributed by atoms with Crippen LogP contribution in [0, 0.1) is 11.6 Å². The molecule has 0 saturated carbocycles. The Kier molecular flexibility index (Phi) is 3.41. The van der Waals surface area contributed by atoms with E-state index in [-0.39, 0.29) is 23.4 Å². The molecule has 0 fully saturated rings. The van der Waals surface area contributed by atoms with E-state index in [9.17, 15) is 13.6 Å². The Morgan fingerprint density at radius 3 is 2.64 bits per heavy atom. The van der Waals surface area contributed by atoms with Crippen LogP contribution >= 0.6 is 11.6 Å². The Morgan fingerprint density at radius 2 is 2.07 bits per heavy atom. The van der Waals surface area contributed by atoms with E-state index < -0.39 is 17.6 Å².